The maximum absolute atomic E-state index is 13.1. The molecule has 0 heterocycles. The van der Waals surface area contributed by atoms with Crippen LogP contribution >= 0.6 is 0 Å². The Morgan fingerprint density at radius 3 is 3.00 bits per heavy atom. The third kappa shape index (κ3) is 3.42. The van der Waals surface area contributed by atoms with Crippen molar-refractivity contribution in [3.63, 3.8) is 0 Å². The summed E-state index contributed by atoms with van der Waals surface area (Å²) in [6, 6.07) is 6.56. The molecule has 0 bridgehead atoms. The molecule has 1 atom stereocenters. The molecule has 1 aliphatic rings. The zero-order valence-electron chi connectivity index (χ0n) is 10.2. The van der Waals surface area contributed by atoms with Crippen LogP contribution in [0, 0.1) is 11.7 Å². The minimum atomic E-state index is -0.879. The highest BCUT2D eigenvalue weighted by Crippen LogP contribution is 2.32. The first-order chi connectivity index (χ1) is 8.65. The van der Waals surface area contributed by atoms with Gasteiger partial charge in [-0.25, -0.2) is 9.18 Å². The Bertz CT molecular complexity index is 465. The quantitative estimate of drug-likeness (QED) is 0.830. The van der Waals surface area contributed by atoms with Gasteiger partial charge in [-0.05, 0) is 49.3 Å². The molecule has 0 amide bonds. The van der Waals surface area contributed by atoms with Crippen molar-refractivity contribution in [3.8, 4) is 0 Å². The highest BCUT2D eigenvalue weighted by atomic mass is 19.1. The minimum absolute atomic E-state index is 0.230. The zero-order valence-corrected chi connectivity index (χ0v) is 10.2. The van der Waals surface area contributed by atoms with Crippen molar-refractivity contribution in [3.05, 3.63) is 47.3 Å². The maximum Gasteiger partial charge on any atom is 0.328 e. The van der Waals surface area contributed by atoms with E-state index in [0.717, 1.165) is 43.2 Å². The van der Waals surface area contributed by atoms with Gasteiger partial charge in [-0.2, -0.15) is 0 Å². The number of carboxylic acid groups (broad SMARTS) is 1. The summed E-state index contributed by atoms with van der Waals surface area (Å²) >= 11 is 0. The van der Waals surface area contributed by atoms with Crippen LogP contribution in [-0.2, 0) is 11.2 Å². The first-order valence-corrected chi connectivity index (χ1v) is 6.33. The molecule has 0 spiro atoms. The molecule has 1 aromatic carbocycles. The van der Waals surface area contributed by atoms with Gasteiger partial charge in [-0.1, -0.05) is 24.1 Å². The van der Waals surface area contributed by atoms with Gasteiger partial charge in [-0.15, -0.1) is 0 Å². The highest BCUT2D eigenvalue weighted by molar-refractivity contribution is 5.80. The van der Waals surface area contributed by atoms with Crippen molar-refractivity contribution in [2.75, 3.05) is 0 Å². The van der Waals surface area contributed by atoms with Gasteiger partial charge >= 0.3 is 5.97 Å². The highest BCUT2D eigenvalue weighted by Gasteiger charge is 2.20. The standard InChI is InChI=1S/C15H17FO2/c16-14-7-3-4-11(9-14)8-12-5-1-2-6-13(12)10-15(17)18/h3-4,7,9-10,12H,1-2,5-6,8H2,(H,17,18)/b13-10+. The molecule has 1 N–H and O–H groups in total. The van der Waals surface area contributed by atoms with E-state index in [1.165, 1.54) is 18.2 Å². The number of aliphatic carboxylic acids is 1. The summed E-state index contributed by atoms with van der Waals surface area (Å²) in [7, 11) is 0. The SMILES string of the molecule is O=C(O)/C=C1\CCCCC1Cc1cccc(F)c1. The second kappa shape index (κ2) is 5.80. The van der Waals surface area contributed by atoms with Crippen LogP contribution in [0.25, 0.3) is 0 Å². The lowest BCUT2D eigenvalue weighted by Crippen LogP contribution is -2.14. The van der Waals surface area contributed by atoms with Gasteiger partial charge < -0.3 is 5.11 Å². The molecule has 0 aliphatic heterocycles. The van der Waals surface area contributed by atoms with Crippen LogP contribution in [0.2, 0.25) is 0 Å². The van der Waals surface area contributed by atoms with Crippen molar-refractivity contribution >= 4 is 5.97 Å². The third-order valence-corrected chi connectivity index (χ3v) is 3.47. The lowest BCUT2D eigenvalue weighted by atomic mass is 9.80. The molecule has 1 aromatic rings. The summed E-state index contributed by atoms with van der Waals surface area (Å²) in [4.78, 5) is 10.8. The normalized spacial score (nSPS) is 22.1. The molecule has 2 nitrogen and oxygen atoms in total. The number of allylic oxidation sites excluding steroid dienone is 1. The molecule has 0 saturated heterocycles. The predicted molar refractivity (Wildman–Crippen MR) is 67.8 cm³/mol. The van der Waals surface area contributed by atoms with Crippen LogP contribution in [0.1, 0.15) is 31.2 Å². The first kappa shape index (κ1) is 12.8. The summed E-state index contributed by atoms with van der Waals surface area (Å²) in [6.45, 7) is 0. The molecule has 0 aromatic heterocycles. The van der Waals surface area contributed by atoms with E-state index in [-0.39, 0.29) is 11.7 Å². The van der Waals surface area contributed by atoms with Crippen LogP contribution in [0.3, 0.4) is 0 Å². The van der Waals surface area contributed by atoms with Gasteiger partial charge in [-0.3, -0.25) is 0 Å². The Kier molecular flexibility index (Phi) is 4.13. The van der Waals surface area contributed by atoms with Crippen molar-refractivity contribution in [1.29, 1.82) is 0 Å². The fourth-order valence-electron chi connectivity index (χ4n) is 2.64. The van der Waals surface area contributed by atoms with E-state index in [0.29, 0.717) is 0 Å². The Morgan fingerprint density at radius 2 is 2.28 bits per heavy atom. The molecule has 1 saturated carbocycles. The van der Waals surface area contributed by atoms with Crippen LogP contribution in [-0.4, -0.2) is 11.1 Å². The fourth-order valence-corrected chi connectivity index (χ4v) is 2.64. The van der Waals surface area contributed by atoms with Gasteiger partial charge in [0.2, 0.25) is 0 Å². The fraction of sp³-hybridized carbons (Fsp3) is 0.400. The lowest BCUT2D eigenvalue weighted by molar-refractivity contribution is -0.131. The molecular weight excluding hydrogens is 231 g/mol. The molecule has 1 fully saturated rings. The summed E-state index contributed by atoms with van der Waals surface area (Å²) < 4.78 is 13.1. The average Bonchev–Trinajstić information content (AvgIpc) is 2.31. The number of carbonyl (C=O) groups is 1. The molecule has 0 radical (unpaired) electrons. The largest absolute Gasteiger partial charge is 0.478 e. The van der Waals surface area contributed by atoms with Gasteiger partial charge in [0.05, 0.1) is 0 Å². The number of benzene rings is 1. The molecule has 1 unspecified atom stereocenters. The summed E-state index contributed by atoms with van der Waals surface area (Å²) in [6.07, 6.45) is 6.09. The second-order valence-corrected chi connectivity index (χ2v) is 4.83. The molecule has 2 rings (SSSR count). The Labute approximate surface area is 106 Å². The molecule has 18 heavy (non-hydrogen) atoms. The van der Waals surface area contributed by atoms with Crippen molar-refractivity contribution in [2.45, 2.75) is 32.1 Å². The van der Waals surface area contributed by atoms with Gasteiger partial charge in [0.1, 0.15) is 5.82 Å². The van der Waals surface area contributed by atoms with Gasteiger partial charge in [0.25, 0.3) is 0 Å². The van der Waals surface area contributed by atoms with Crippen molar-refractivity contribution in [1.82, 2.24) is 0 Å². The number of carboxylic acids is 1. The average molecular weight is 248 g/mol. The Hall–Kier alpha value is -1.64. The molecule has 1 aliphatic carbocycles. The maximum atomic E-state index is 13.1. The summed E-state index contributed by atoms with van der Waals surface area (Å²) in [5.41, 5.74) is 1.94. The van der Waals surface area contributed by atoms with E-state index in [1.807, 2.05) is 6.07 Å². The van der Waals surface area contributed by atoms with E-state index in [1.54, 1.807) is 6.07 Å². The van der Waals surface area contributed by atoms with E-state index < -0.39 is 5.97 Å². The second-order valence-electron chi connectivity index (χ2n) is 4.83. The van der Waals surface area contributed by atoms with E-state index in [9.17, 15) is 9.18 Å². The van der Waals surface area contributed by atoms with Crippen LogP contribution in [0.5, 0.6) is 0 Å². The van der Waals surface area contributed by atoms with Crippen LogP contribution < -0.4 is 0 Å². The van der Waals surface area contributed by atoms with Crippen LogP contribution in [0.4, 0.5) is 4.39 Å². The van der Waals surface area contributed by atoms with E-state index in [4.69, 9.17) is 5.11 Å². The third-order valence-electron chi connectivity index (χ3n) is 3.47. The summed E-state index contributed by atoms with van der Waals surface area (Å²) in [5.74, 6) is -0.861. The van der Waals surface area contributed by atoms with E-state index in [2.05, 4.69) is 0 Å². The minimum Gasteiger partial charge on any atom is -0.478 e. The monoisotopic (exact) mass is 248 g/mol. The molecule has 3 heteroatoms. The number of hydrogen-bond acceptors (Lipinski definition) is 1. The summed E-state index contributed by atoms with van der Waals surface area (Å²) in [5, 5.41) is 8.86. The smallest absolute Gasteiger partial charge is 0.328 e. The Morgan fingerprint density at radius 1 is 1.44 bits per heavy atom. The number of rotatable bonds is 3. The molecule has 96 valence electrons. The number of halogens is 1. The Balaban J connectivity index is 2.13. The number of hydrogen-bond donors (Lipinski definition) is 1. The zero-order chi connectivity index (χ0) is 13.0. The first-order valence-electron chi connectivity index (χ1n) is 6.33. The van der Waals surface area contributed by atoms with E-state index >= 15 is 0 Å². The predicted octanol–water partition coefficient (Wildman–Crippen LogP) is 3.57. The molecular formula is C15H17FO2. The van der Waals surface area contributed by atoms with Crippen LogP contribution in [0.15, 0.2) is 35.9 Å². The lowest BCUT2D eigenvalue weighted by Gasteiger charge is -2.25. The van der Waals surface area contributed by atoms with Gasteiger partial charge in [0, 0.05) is 6.08 Å². The van der Waals surface area contributed by atoms with Crippen molar-refractivity contribution < 1.29 is 14.3 Å². The topological polar surface area (TPSA) is 37.3 Å². The van der Waals surface area contributed by atoms with Crippen molar-refractivity contribution in [2.24, 2.45) is 5.92 Å². The van der Waals surface area contributed by atoms with Gasteiger partial charge in [0.15, 0.2) is 0 Å².